The van der Waals surface area contributed by atoms with Crippen molar-refractivity contribution in [2.45, 2.75) is 6.92 Å². The van der Waals surface area contributed by atoms with Gasteiger partial charge >= 0.3 is 0 Å². The van der Waals surface area contributed by atoms with Gasteiger partial charge in [0.05, 0.1) is 12.2 Å². The number of nitrogens with zero attached hydrogens (tertiary/aromatic N) is 5. The molecule has 2 aromatic heterocycles. The molecule has 0 aliphatic heterocycles. The maximum atomic E-state index is 14.7. The van der Waals surface area contributed by atoms with E-state index in [9.17, 15) is 18.0 Å². The molecule has 12 heteroatoms. The number of para-hydroxylation sites is 1. The van der Waals surface area contributed by atoms with Crippen molar-refractivity contribution in [3.05, 3.63) is 93.4 Å². The molecule has 0 radical (unpaired) electrons. The monoisotopic (exact) mass is 492 g/mol. The maximum Gasteiger partial charge on any atom is 0.259 e. The summed E-state index contributed by atoms with van der Waals surface area (Å²) < 4.78 is 44.0. The molecule has 2 aromatic carbocycles. The molecule has 4 rings (SSSR count). The smallest absolute Gasteiger partial charge is 0.259 e. The fourth-order valence-corrected chi connectivity index (χ4v) is 3.65. The number of benzene rings is 2. The van der Waals surface area contributed by atoms with Crippen LogP contribution in [0.1, 0.15) is 5.56 Å². The zero-order chi connectivity index (χ0) is 25.8. The third kappa shape index (κ3) is 4.80. The van der Waals surface area contributed by atoms with Crippen LogP contribution < -0.4 is 22.0 Å². The summed E-state index contributed by atoms with van der Waals surface area (Å²) in [5.41, 5.74) is 7.76. The number of aliphatic imine (C=N–C) groups is 1. The molecule has 0 bridgehead atoms. The lowest BCUT2D eigenvalue weighted by molar-refractivity contribution is 0.568. The molecule has 9 nitrogen and oxygen atoms in total. The van der Waals surface area contributed by atoms with Crippen LogP contribution in [0.3, 0.4) is 0 Å². The summed E-state index contributed by atoms with van der Waals surface area (Å²) in [7, 11) is 0. The Bertz CT molecular complexity index is 1570. The van der Waals surface area contributed by atoms with Crippen molar-refractivity contribution in [2.75, 3.05) is 18.4 Å². The highest BCUT2D eigenvalue weighted by atomic mass is 19.1. The third-order valence-electron chi connectivity index (χ3n) is 5.20. The minimum atomic E-state index is -0.950. The van der Waals surface area contributed by atoms with Gasteiger partial charge in [-0.25, -0.2) is 23.1 Å². The maximum absolute atomic E-state index is 14.7. The molecule has 0 amide bonds. The van der Waals surface area contributed by atoms with E-state index in [4.69, 9.17) is 12.3 Å². The van der Waals surface area contributed by atoms with Crippen molar-refractivity contribution < 1.29 is 13.2 Å². The fourth-order valence-electron chi connectivity index (χ4n) is 3.65. The molecule has 36 heavy (non-hydrogen) atoms. The lowest BCUT2D eigenvalue weighted by Crippen LogP contribution is -2.26. The van der Waals surface area contributed by atoms with Gasteiger partial charge in [0.25, 0.3) is 11.5 Å². The SMILES string of the molecule is [C-]#[N+]NC(N)=NCCNc1nc(-c2ccc(F)cc2C)c2ccc(=O)n(-c3c(F)cccc3F)c2n1. The summed E-state index contributed by atoms with van der Waals surface area (Å²) in [6.07, 6.45) is 0. The van der Waals surface area contributed by atoms with Gasteiger partial charge in [0.15, 0.2) is 5.65 Å². The van der Waals surface area contributed by atoms with Crippen molar-refractivity contribution in [1.29, 1.82) is 0 Å². The van der Waals surface area contributed by atoms with Crippen LogP contribution in [0, 0.1) is 30.9 Å². The van der Waals surface area contributed by atoms with Crippen LogP contribution in [0.5, 0.6) is 0 Å². The Morgan fingerprint density at radius 3 is 2.58 bits per heavy atom. The van der Waals surface area contributed by atoms with Gasteiger partial charge in [0, 0.05) is 23.6 Å². The van der Waals surface area contributed by atoms with Gasteiger partial charge in [0.1, 0.15) is 23.1 Å². The molecule has 0 fully saturated rings. The summed E-state index contributed by atoms with van der Waals surface area (Å²) in [6.45, 7) is 8.72. The van der Waals surface area contributed by atoms with Crippen LogP contribution in [0.2, 0.25) is 0 Å². The topological polar surface area (TPSA) is 115 Å². The van der Waals surface area contributed by atoms with Crippen LogP contribution in [-0.2, 0) is 0 Å². The molecule has 0 aliphatic rings. The second-order valence-corrected chi connectivity index (χ2v) is 7.59. The quantitative estimate of drug-likeness (QED) is 0.125. The van der Waals surface area contributed by atoms with Crippen LogP contribution in [0.25, 0.3) is 32.9 Å². The molecule has 4 N–H and O–H groups in total. The van der Waals surface area contributed by atoms with E-state index >= 15 is 0 Å². The Hall–Kier alpha value is -4.92. The van der Waals surface area contributed by atoms with Crippen molar-refractivity contribution in [1.82, 2.24) is 20.0 Å². The van der Waals surface area contributed by atoms with Gasteiger partial charge in [-0.1, -0.05) is 11.5 Å². The van der Waals surface area contributed by atoms with Crippen molar-refractivity contribution in [3.8, 4) is 16.9 Å². The Labute approximate surface area is 202 Å². The van der Waals surface area contributed by atoms with Gasteiger partial charge in [-0.3, -0.25) is 9.36 Å². The molecule has 0 unspecified atom stereocenters. The van der Waals surface area contributed by atoms with Crippen LogP contribution in [-0.4, -0.2) is 33.6 Å². The molecule has 4 aromatic rings. The van der Waals surface area contributed by atoms with E-state index in [0.717, 1.165) is 22.8 Å². The zero-order valence-electron chi connectivity index (χ0n) is 18.9. The van der Waals surface area contributed by atoms with Gasteiger partial charge in [-0.15, -0.1) is 0 Å². The Balaban J connectivity index is 1.93. The first-order chi connectivity index (χ1) is 17.3. The number of aryl methyl sites for hydroxylation is 1. The number of rotatable bonds is 6. The second kappa shape index (κ2) is 10.1. The number of anilines is 1. The highest BCUT2D eigenvalue weighted by Crippen LogP contribution is 2.31. The molecule has 2 heterocycles. The first-order valence-electron chi connectivity index (χ1n) is 10.6. The summed E-state index contributed by atoms with van der Waals surface area (Å²) in [6, 6.07) is 9.99. The summed E-state index contributed by atoms with van der Waals surface area (Å²) in [4.78, 5) is 28.6. The number of guanidine groups is 1. The first-order valence-corrected chi connectivity index (χ1v) is 10.6. The predicted octanol–water partition coefficient (Wildman–Crippen LogP) is 3.32. The van der Waals surface area contributed by atoms with Crippen LogP contribution in [0.4, 0.5) is 19.1 Å². The van der Waals surface area contributed by atoms with Gasteiger partial charge in [-0.05, 0) is 48.9 Å². The highest BCUT2D eigenvalue weighted by Gasteiger charge is 2.20. The van der Waals surface area contributed by atoms with Gasteiger partial charge in [-0.2, -0.15) is 16.5 Å². The summed E-state index contributed by atoms with van der Waals surface area (Å²) >= 11 is 0. The molecule has 0 aliphatic carbocycles. The second-order valence-electron chi connectivity index (χ2n) is 7.59. The standard InChI is InChI=1S/C24H19F3N8O/c1-13-12-14(25)6-7-15(13)20-16-8-9-19(36)35(21-17(26)4-3-5-18(21)27)22(16)33-24(32-20)31-11-10-30-23(28)34-29-2/h3-9,12H,10-11H2,1H3,(H3,28,30,34)(H,31,32,33). The minimum absolute atomic E-state index is 0.0317. The lowest BCUT2D eigenvalue weighted by atomic mass is 10.0. The van der Waals surface area contributed by atoms with E-state index in [1.807, 2.05) is 0 Å². The van der Waals surface area contributed by atoms with Crippen molar-refractivity contribution >= 4 is 22.9 Å². The van der Waals surface area contributed by atoms with E-state index in [0.29, 0.717) is 22.2 Å². The summed E-state index contributed by atoms with van der Waals surface area (Å²) in [5, 5.41) is 3.26. The largest absolute Gasteiger partial charge is 0.365 e. The number of nitrogens with two attached hydrogens (primary N) is 1. The van der Waals surface area contributed by atoms with Crippen LogP contribution in [0.15, 0.2) is 58.3 Å². The van der Waals surface area contributed by atoms with E-state index in [-0.39, 0.29) is 30.6 Å². The van der Waals surface area contributed by atoms with Gasteiger partial charge < -0.3 is 11.1 Å². The molecule has 0 atom stereocenters. The third-order valence-corrected chi connectivity index (χ3v) is 5.20. The minimum Gasteiger partial charge on any atom is -0.365 e. The number of fused-ring (bicyclic) bond motifs is 1. The Morgan fingerprint density at radius 2 is 1.89 bits per heavy atom. The zero-order valence-corrected chi connectivity index (χ0v) is 18.9. The number of halogens is 3. The van der Waals surface area contributed by atoms with E-state index in [2.05, 4.69) is 30.7 Å². The Morgan fingerprint density at radius 1 is 1.14 bits per heavy atom. The molecule has 182 valence electrons. The Kier molecular flexibility index (Phi) is 6.82. The molecular weight excluding hydrogens is 473 g/mol. The van der Waals surface area contributed by atoms with Crippen LogP contribution >= 0.6 is 0 Å². The number of hydrogen-bond donors (Lipinski definition) is 3. The average molecular weight is 492 g/mol. The van der Waals surface area contributed by atoms with Crippen molar-refractivity contribution in [3.63, 3.8) is 0 Å². The average Bonchev–Trinajstić information content (AvgIpc) is 2.83. The van der Waals surface area contributed by atoms with Gasteiger partial charge in [0.2, 0.25) is 5.95 Å². The van der Waals surface area contributed by atoms with E-state index < -0.39 is 28.7 Å². The molecule has 0 saturated carbocycles. The number of aromatic nitrogens is 3. The number of nitrogens with one attached hydrogen (secondary N) is 2. The number of hydrogen-bond acceptors (Lipinski definition) is 5. The molecular formula is C24H19F3N8O. The van der Waals surface area contributed by atoms with E-state index in [1.165, 1.54) is 30.3 Å². The molecule has 0 spiro atoms. The fraction of sp³-hybridized carbons (Fsp3) is 0.125. The highest BCUT2D eigenvalue weighted by molar-refractivity contribution is 5.93. The van der Waals surface area contributed by atoms with Crippen molar-refractivity contribution in [2.24, 2.45) is 10.7 Å². The lowest BCUT2D eigenvalue weighted by Gasteiger charge is -2.16. The van der Waals surface area contributed by atoms with E-state index in [1.54, 1.807) is 6.92 Å². The summed E-state index contributed by atoms with van der Waals surface area (Å²) in [5.74, 6) is -2.38. The first kappa shape index (κ1) is 24.2. The predicted molar refractivity (Wildman–Crippen MR) is 130 cm³/mol. The molecule has 0 saturated heterocycles. The normalized spacial score (nSPS) is 11.4. The number of pyridine rings is 1.